The summed E-state index contributed by atoms with van der Waals surface area (Å²) in [6.07, 6.45) is 4.22. The predicted octanol–water partition coefficient (Wildman–Crippen LogP) is 2.60. The summed E-state index contributed by atoms with van der Waals surface area (Å²) in [5, 5.41) is 0. The summed E-state index contributed by atoms with van der Waals surface area (Å²) in [6.45, 7) is 23.4. The summed E-state index contributed by atoms with van der Waals surface area (Å²) in [7, 11) is 0. The summed E-state index contributed by atoms with van der Waals surface area (Å²) in [6, 6.07) is 1.55. The van der Waals surface area contributed by atoms with Crippen LogP contribution in [-0.2, 0) is 0 Å². The fraction of sp³-hybridized carbons (Fsp3) is 1.00. The number of piperidine rings is 1. The third kappa shape index (κ3) is 5.18. The summed E-state index contributed by atoms with van der Waals surface area (Å²) < 4.78 is 0. The number of likely N-dealkylation sites (tertiary alicyclic amines) is 2. The zero-order chi connectivity index (χ0) is 18.0. The maximum Gasteiger partial charge on any atom is 0.0235 e. The van der Waals surface area contributed by atoms with Gasteiger partial charge in [-0.15, -0.1) is 0 Å². The Morgan fingerprint density at radius 1 is 0.840 bits per heavy atom. The molecule has 3 aliphatic rings. The quantitative estimate of drug-likeness (QED) is 0.772. The van der Waals surface area contributed by atoms with Crippen molar-refractivity contribution in [1.82, 2.24) is 19.6 Å². The number of hydrogen-bond donors (Lipinski definition) is 0. The van der Waals surface area contributed by atoms with Gasteiger partial charge in [-0.25, -0.2) is 0 Å². The van der Waals surface area contributed by atoms with Crippen molar-refractivity contribution >= 4 is 0 Å². The van der Waals surface area contributed by atoms with Crippen LogP contribution in [0, 0.1) is 5.92 Å². The van der Waals surface area contributed by atoms with Crippen LogP contribution in [-0.4, -0.2) is 96.1 Å². The van der Waals surface area contributed by atoms with Gasteiger partial charge in [-0.05, 0) is 72.9 Å². The highest BCUT2D eigenvalue weighted by molar-refractivity contribution is 4.88. The van der Waals surface area contributed by atoms with Gasteiger partial charge in [0.25, 0.3) is 0 Å². The molecule has 3 fully saturated rings. The third-order valence-corrected chi connectivity index (χ3v) is 6.93. The molecule has 3 heterocycles. The Hall–Kier alpha value is -0.160. The highest BCUT2D eigenvalue weighted by Crippen LogP contribution is 2.25. The average Bonchev–Trinajstić information content (AvgIpc) is 3.05. The van der Waals surface area contributed by atoms with Crippen LogP contribution < -0.4 is 0 Å². The van der Waals surface area contributed by atoms with Gasteiger partial charge in [-0.1, -0.05) is 0 Å². The molecule has 1 unspecified atom stereocenters. The van der Waals surface area contributed by atoms with Crippen LogP contribution in [0.1, 0.15) is 53.9 Å². The van der Waals surface area contributed by atoms with E-state index in [1.165, 1.54) is 78.2 Å². The highest BCUT2D eigenvalue weighted by Gasteiger charge is 2.32. The van der Waals surface area contributed by atoms with E-state index in [4.69, 9.17) is 0 Å². The Bertz CT molecular complexity index is 401. The van der Waals surface area contributed by atoms with E-state index in [9.17, 15) is 0 Å². The molecule has 0 radical (unpaired) electrons. The first kappa shape index (κ1) is 19.6. The molecule has 0 N–H and O–H groups in total. The minimum absolute atomic E-state index is 0.336. The summed E-state index contributed by atoms with van der Waals surface area (Å²) >= 11 is 0. The molecule has 0 saturated carbocycles. The van der Waals surface area contributed by atoms with Crippen molar-refractivity contribution in [2.45, 2.75) is 71.5 Å². The molecular formula is C21H42N4. The summed E-state index contributed by atoms with van der Waals surface area (Å²) in [5.41, 5.74) is 0.336. The maximum absolute atomic E-state index is 2.80. The molecule has 4 nitrogen and oxygen atoms in total. The second kappa shape index (κ2) is 8.24. The zero-order valence-electron chi connectivity index (χ0n) is 17.5. The molecule has 0 bridgehead atoms. The van der Waals surface area contributed by atoms with Gasteiger partial charge in [-0.3, -0.25) is 14.7 Å². The molecule has 1 atom stereocenters. The molecule has 0 aliphatic carbocycles. The van der Waals surface area contributed by atoms with Crippen LogP contribution in [0.2, 0.25) is 0 Å². The fourth-order valence-electron chi connectivity index (χ4n) is 5.00. The molecule has 0 spiro atoms. The fourth-order valence-corrected chi connectivity index (χ4v) is 5.00. The largest absolute Gasteiger partial charge is 0.301 e. The second-order valence-corrected chi connectivity index (χ2v) is 9.97. The molecule has 146 valence electrons. The Morgan fingerprint density at radius 2 is 1.48 bits per heavy atom. The zero-order valence-corrected chi connectivity index (χ0v) is 17.5. The first-order chi connectivity index (χ1) is 11.8. The second-order valence-electron chi connectivity index (χ2n) is 9.97. The number of piperazine rings is 1. The van der Waals surface area contributed by atoms with Gasteiger partial charge in [0.15, 0.2) is 0 Å². The molecular weight excluding hydrogens is 308 g/mol. The van der Waals surface area contributed by atoms with E-state index in [2.05, 4.69) is 54.2 Å². The van der Waals surface area contributed by atoms with Gasteiger partial charge >= 0.3 is 0 Å². The van der Waals surface area contributed by atoms with Gasteiger partial charge < -0.3 is 4.90 Å². The van der Waals surface area contributed by atoms with Crippen molar-refractivity contribution in [1.29, 1.82) is 0 Å². The van der Waals surface area contributed by atoms with Crippen LogP contribution in [0.4, 0.5) is 0 Å². The Kier molecular flexibility index (Phi) is 6.46. The van der Waals surface area contributed by atoms with Gasteiger partial charge in [0.05, 0.1) is 0 Å². The van der Waals surface area contributed by atoms with Crippen molar-refractivity contribution in [3.8, 4) is 0 Å². The first-order valence-corrected chi connectivity index (χ1v) is 10.8. The van der Waals surface area contributed by atoms with E-state index in [-0.39, 0.29) is 0 Å². The molecule has 0 aromatic rings. The van der Waals surface area contributed by atoms with E-state index in [1.807, 2.05) is 0 Å². The highest BCUT2D eigenvalue weighted by atomic mass is 15.3. The van der Waals surface area contributed by atoms with Crippen molar-refractivity contribution in [3.05, 3.63) is 0 Å². The molecule has 25 heavy (non-hydrogen) atoms. The monoisotopic (exact) mass is 350 g/mol. The van der Waals surface area contributed by atoms with Crippen molar-refractivity contribution in [2.24, 2.45) is 5.92 Å². The number of hydrogen-bond acceptors (Lipinski definition) is 4. The van der Waals surface area contributed by atoms with E-state index in [0.717, 1.165) is 12.0 Å². The van der Waals surface area contributed by atoms with Crippen molar-refractivity contribution in [2.75, 3.05) is 58.9 Å². The molecule has 3 aliphatic heterocycles. The van der Waals surface area contributed by atoms with Gasteiger partial charge in [0, 0.05) is 63.4 Å². The molecule has 3 rings (SSSR count). The minimum Gasteiger partial charge on any atom is -0.301 e. The smallest absolute Gasteiger partial charge is 0.0235 e. The lowest BCUT2D eigenvalue weighted by atomic mass is 9.94. The van der Waals surface area contributed by atoms with Crippen LogP contribution in [0.25, 0.3) is 0 Å². The van der Waals surface area contributed by atoms with Gasteiger partial charge in [0.2, 0.25) is 0 Å². The molecule has 3 saturated heterocycles. The van der Waals surface area contributed by atoms with Crippen LogP contribution in [0.5, 0.6) is 0 Å². The van der Waals surface area contributed by atoms with E-state index >= 15 is 0 Å². The SMILES string of the molecule is CC(C)N1CCC(N2CCC(CN3CCN(C(C)(C)C)CC3)CC2)C1. The predicted molar refractivity (Wildman–Crippen MR) is 107 cm³/mol. The summed E-state index contributed by atoms with van der Waals surface area (Å²) in [5.74, 6) is 0.931. The molecule has 0 aromatic carbocycles. The van der Waals surface area contributed by atoms with E-state index in [0.29, 0.717) is 11.6 Å². The van der Waals surface area contributed by atoms with Crippen LogP contribution >= 0.6 is 0 Å². The van der Waals surface area contributed by atoms with Crippen LogP contribution in [0.15, 0.2) is 0 Å². The standard InChI is InChI=1S/C21H42N4/c1-18(2)24-11-8-20(17-24)23-9-6-19(7-10-23)16-22-12-14-25(15-13-22)21(3,4)5/h18-20H,6-17H2,1-5H3. The lowest BCUT2D eigenvalue weighted by Gasteiger charge is -2.44. The van der Waals surface area contributed by atoms with E-state index < -0.39 is 0 Å². The van der Waals surface area contributed by atoms with Gasteiger partial charge in [-0.2, -0.15) is 0 Å². The third-order valence-electron chi connectivity index (χ3n) is 6.93. The van der Waals surface area contributed by atoms with Gasteiger partial charge in [0.1, 0.15) is 0 Å². The normalized spacial score (nSPS) is 29.8. The lowest BCUT2D eigenvalue weighted by molar-refractivity contribution is 0.0447. The molecule has 0 aromatic heterocycles. The average molecular weight is 351 g/mol. The van der Waals surface area contributed by atoms with Crippen molar-refractivity contribution in [3.63, 3.8) is 0 Å². The Balaban J connectivity index is 1.36. The Morgan fingerprint density at radius 3 is 2.00 bits per heavy atom. The van der Waals surface area contributed by atoms with Crippen molar-refractivity contribution < 1.29 is 0 Å². The molecule has 4 heteroatoms. The van der Waals surface area contributed by atoms with Crippen LogP contribution in [0.3, 0.4) is 0 Å². The Labute approximate surface area is 156 Å². The van der Waals surface area contributed by atoms with E-state index in [1.54, 1.807) is 0 Å². The maximum atomic E-state index is 2.80. The lowest BCUT2D eigenvalue weighted by Crippen LogP contribution is -2.54. The minimum atomic E-state index is 0.336. The summed E-state index contributed by atoms with van der Waals surface area (Å²) in [4.78, 5) is 10.8. The number of nitrogens with zero attached hydrogens (tertiary/aromatic N) is 4. The topological polar surface area (TPSA) is 13.0 Å². The molecule has 0 amide bonds. The first-order valence-electron chi connectivity index (χ1n) is 10.8. The number of rotatable bonds is 4.